The topological polar surface area (TPSA) is 138 Å². The van der Waals surface area contributed by atoms with E-state index in [4.69, 9.17) is 18.6 Å². The van der Waals surface area contributed by atoms with Gasteiger partial charge < -0.3 is 23.9 Å². The van der Waals surface area contributed by atoms with Gasteiger partial charge in [0.1, 0.15) is 12.1 Å². The fourth-order valence-electron chi connectivity index (χ4n) is 6.87. The molecule has 3 fully saturated rings. The Morgan fingerprint density at radius 2 is 1.92 bits per heavy atom. The summed E-state index contributed by atoms with van der Waals surface area (Å²) >= 11 is 0. The molecule has 4 rings (SSSR count). The van der Waals surface area contributed by atoms with Crippen LogP contribution in [0, 0.1) is 28.6 Å². The molecule has 0 aromatic carbocycles. The maximum absolute atomic E-state index is 14.1. The Bertz CT molecular complexity index is 1070. The maximum atomic E-state index is 14.1. The minimum atomic E-state index is -1.21. The van der Waals surface area contributed by atoms with Crippen LogP contribution >= 0.6 is 0 Å². The van der Waals surface area contributed by atoms with E-state index in [2.05, 4.69) is 5.32 Å². The highest BCUT2D eigenvalue weighted by Gasteiger charge is 2.67. The van der Waals surface area contributed by atoms with E-state index in [1.165, 1.54) is 33.5 Å². The molecular formula is C26H33NO9. The van der Waals surface area contributed by atoms with Crippen LogP contribution in [0.15, 0.2) is 23.0 Å². The van der Waals surface area contributed by atoms with E-state index in [0.717, 1.165) is 0 Å². The number of cyclic esters (lactones) is 1. The van der Waals surface area contributed by atoms with Gasteiger partial charge in [0.25, 0.3) is 0 Å². The van der Waals surface area contributed by atoms with Crippen LogP contribution in [0.25, 0.3) is 0 Å². The highest BCUT2D eigenvalue weighted by molar-refractivity contribution is 5.94. The molecule has 1 N–H and O–H groups in total. The molecule has 10 nitrogen and oxygen atoms in total. The number of esters is 3. The minimum Gasteiger partial charge on any atom is -0.472 e. The third-order valence-corrected chi connectivity index (χ3v) is 8.53. The van der Waals surface area contributed by atoms with Gasteiger partial charge in [0.05, 0.1) is 31.5 Å². The summed E-state index contributed by atoms with van der Waals surface area (Å²) in [6, 6.07) is 0.752. The number of hydrogen-bond donors (Lipinski definition) is 1. The number of nitrogens with one attached hydrogen (secondary N) is 1. The van der Waals surface area contributed by atoms with Crippen molar-refractivity contribution in [3.63, 3.8) is 0 Å². The quantitative estimate of drug-likeness (QED) is 0.474. The molecule has 0 spiro atoms. The van der Waals surface area contributed by atoms with Crippen LogP contribution in [-0.4, -0.2) is 48.9 Å². The van der Waals surface area contributed by atoms with Gasteiger partial charge >= 0.3 is 17.9 Å². The molecule has 36 heavy (non-hydrogen) atoms. The first-order chi connectivity index (χ1) is 16.9. The summed E-state index contributed by atoms with van der Waals surface area (Å²) in [7, 11) is 1.29. The Balaban J connectivity index is 1.72. The third-order valence-electron chi connectivity index (χ3n) is 8.53. The predicted molar refractivity (Wildman–Crippen MR) is 123 cm³/mol. The monoisotopic (exact) mass is 503 g/mol. The van der Waals surface area contributed by atoms with Crippen LogP contribution in [0.1, 0.15) is 65.0 Å². The molecule has 1 unspecified atom stereocenters. The van der Waals surface area contributed by atoms with Gasteiger partial charge in [-0.05, 0) is 43.1 Å². The summed E-state index contributed by atoms with van der Waals surface area (Å²) in [6.07, 6.45) is 2.43. The summed E-state index contributed by atoms with van der Waals surface area (Å²) in [4.78, 5) is 64.3. The lowest BCUT2D eigenvalue weighted by atomic mass is 9.43. The third kappa shape index (κ3) is 4.20. The lowest BCUT2D eigenvalue weighted by Crippen LogP contribution is -2.65. The number of Topliss-reactive ketones (excluding diaryl/α,β-unsaturated/α-hetero) is 1. The summed E-state index contributed by atoms with van der Waals surface area (Å²) in [5.74, 6) is -4.42. The van der Waals surface area contributed by atoms with Crippen LogP contribution in [0.3, 0.4) is 0 Å². The van der Waals surface area contributed by atoms with Gasteiger partial charge in [-0.1, -0.05) is 13.8 Å². The van der Waals surface area contributed by atoms with Crippen LogP contribution in [0.4, 0.5) is 0 Å². The predicted octanol–water partition coefficient (Wildman–Crippen LogP) is 2.50. The summed E-state index contributed by atoms with van der Waals surface area (Å²) in [6.45, 7) is 6.52. The smallest absolute Gasteiger partial charge is 0.329 e. The van der Waals surface area contributed by atoms with Crippen LogP contribution in [-0.2, 0) is 38.2 Å². The van der Waals surface area contributed by atoms with E-state index in [0.29, 0.717) is 24.8 Å². The number of methoxy groups -OCH3 is 1. The average molecular weight is 504 g/mol. The Labute approximate surface area is 209 Å². The number of furan rings is 1. The van der Waals surface area contributed by atoms with E-state index >= 15 is 0 Å². The molecule has 10 heteroatoms. The second-order valence-corrected chi connectivity index (χ2v) is 10.8. The number of hydrogen-bond acceptors (Lipinski definition) is 9. The molecule has 2 heterocycles. The maximum Gasteiger partial charge on any atom is 0.329 e. The summed E-state index contributed by atoms with van der Waals surface area (Å²) in [5.41, 5.74) is -0.975. The van der Waals surface area contributed by atoms with Gasteiger partial charge in [0.15, 0.2) is 11.9 Å². The van der Waals surface area contributed by atoms with Crippen molar-refractivity contribution in [2.45, 2.75) is 71.6 Å². The zero-order valence-electron chi connectivity index (χ0n) is 21.2. The molecular weight excluding hydrogens is 470 g/mol. The molecule has 1 amide bonds. The van der Waals surface area contributed by atoms with Crippen molar-refractivity contribution in [2.75, 3.05) is 7.11 Å². The SMILES string of the molecule is COC(=O)[C@@H]1C[C@H](OC(=O)[C@H](C)NC(C)=O)C(=O)C2[C@@]1(C)CC[C@H]1C(=O)O[C@H](c3ccoc3)C[C@]21C. The van der Waals surface area contributed by atoms with Crippen molar-refractivity contribution in [1.82, 2.24) is 5.32 Å². The van der Waals surface area contributed by atoms with Gasteiger partial charge in [0, 0.05) is 24.8 Å². The second-order valence-electron chi connectivity index (χ2n) is 10.8. The molecule has 3 aliphatic rings. The van der Waals surface area contributed by atoms with E-state index in [1.807, 2.05) is 13.8 Å². The van der Waals surface area contributed by atoms with Crippen LogP contribution in [0.5, 0.6) is 0 Å². The van der Waals surface area contributed by atoms with Crippen molar-refractivity contribution in [1.29, 1.82) is 0 Å². The van der Waals surface area contributed by atoms with Gasteiger partial charge in [-0.15, -0.1) is 0 Å². The van der Waals surface area contributed by atoms with E-state index in [-0.39, 0.29) is 12.2 Å². The molecule has 0 radical (unpaired) electrons. The number of amides is 1. The highest BCUT2D eigenvalue weighted by Crippen LogP contribution is 2.65. The first kappa shape index (κ1) is 25.9. The largest absolute Gasteiger partial charge is 0.472 e. The fraction of sp³-hybridized carbons (Fsp3) is 0.654. The normalized spacial score (nSPS) is 36.5. The first-order valence-electron chi connectivity index (χ1n) is 12.2. The van der Waals surface area contributed by atoms with Crippen molar-refractivity contribution in [3.8, 4) is 0 Å². The Morgan fingerprint density at radius 3 is 2.53 bits per heavy atom. The standard InChI is InChI=1S/C26H33NO9/c1-13(27-14(2)28)22(30)35-18-10-17(23(31)33-5)25(3)8-6-16-24(32)36-19(15-7-9-34-12-15)11-26(16,4)21(25)20(18)29/h7,9,12-13,16-19,21H,6,8,10-11H2,1-5H3,(H,27,28)/t13-,16-,17-,18-,19-,21?,25-,26-/m0/s1. The van der Waals surface area contributed by atoms with Gasteiger partial charge in [-0.2, -0.15) is 0 Å². The summed E-state index contributed by atoms with van der Waals surface area (Å²) < 4.78 is 21.6. The van der Waals surface area contributed by atoms with Crippen LogP contribution in [0.2, 0.25) is 0 Å². The first-order valence-corrected chi connectivity index (χ1v) is 12.2. The molecule has 1 saturated heterocycles. The molecule has 8 atom stereocenters. The zero-order valence-corrected chi connectivity index (χ0v) is 21.2. The van der Waals surface area contributed by atoms with Gasteiger partial charge in [-0.3, -0.25) is 19.2 Å². The number of ether oxygens (including phenoxy) is 3. The summed E-state index contributed by atoms with van der Waals surface area (Å²) in [5, 5.41) is 2.45. The fourth-order valence-corrected chi connectivity index (χ4v) is 6.87. The minimum absolute atomic E-state index is 0.0204. The van der Waals surface area contributed by atoms with Crippen molar-refractivity contribution >= 4 is 29.6 Å². The number of rotatable bonds is 5. The number of ketones is 1. The average Bonchev–Trinajstić information content (AvgIpc) is 3.34. The van der Waals surface area contributed by atoms with Crippen molar-refractivity contribution in [2.24, 2.45) is 28.6 Å². The molecule has 2 aliphatic carbocycles. The van der Waals surface area contributed by atoms with E-state index in [9.17, 15) is 24.0 Å². The number of fused-ring (bicyclic) bond motifs is 3. The van der Waals surface area contributed by atoms with Gasteiger partial charge in [-0.25, -0.2) is 4.79 Å². The number of carbonyl (C=O) groups is 5. The molecule has 1 aromatic rings. The lowest BCUT2D eigenvalue weighted by Gasteiger charge is -2.61. The van der Waals surface area contributed by atoms with E-state index in [1.54, 1.807) is 6.07 Å². The Hall–Kier alpha value is -3.17. The zero-order chi connectivity index (χ0) is 26.4. The van der Waals surface area contributed by atoms with Gasteiger partial charge in [0.2, 0.25) is 5.91 Å². The molecule has 1 aliphatic heterocycles. The van der Waals surface area contributed by atoms with E-state index < -0.39 is 70.6 Å². The second kappa shape index (κ2) is 9.37. The molecule has 0 bridgehead atoms. The van der Waals surface area contributed by atoms with Crippen LogP contribution < -0.4 is 5.32 Å². The lowest BCUT2D eigenvalue weighted by molar-refractivity contribution is -0.210. The van der Waals surface area contributed by atoms with Crippen molar-refractivity contribution in [3.05, 3.63) is 24.2 Å². The Kier molecular flexibility index (Phi) is 6.74. The molecule has 2 saturated carbocycles. The number of carbonyl (C=O) groups excluding carboxylic acids is 5. The molecule has 196 valence electrons. The highest BCUT2D eigenvalue weighted by atomic mass is 16.6. The molecule has 1 aromatic heterocycles. The van der Waals surface area contributed by atoms with Crippen molar-refractivity contribution < 1.29 is 42.6 Å². The Morgan fingerprint density at radius 1 is 1.19 bits per heavy atom.